The van der Waals surface area contributed by atoms with E-state index in [-0.39, 0.29) is 18.3 Å². The summed E-state index contributed by atoms with van der Waals surface area (Å²) < 4.78 is 75.7. The van der Waals surface area contributed by atoms with Crippen LogP contribution >= 0.6 is 0 Å². The molecule has 0 radical (unpaired) electrons. The highest BCUT2D eigenvalue weighted by Gasteiger charge is 2.68. The molecule has 0 spiro atoms. The van der Waals surface area contributed by atoms with Crippen molar-refractivity contribution in [3.05, 3.63) is 29.5 Å². The molecule has 1 aromatic carbocycles. The van der Waals surface area contributed by atoms with Gasteiger partial charge in [0.25, 0.3) is 0 Å². The monoisotopic (exact) mass is 346 g/mol. The molecule has 1 aromatic rings. The van der Waals surface area contributed by atoms with E-state index in [9.17, 15) is 36.3 Å². The minimum Gasteiger partial charge on any atom is -0.733 e. The zero-order valence-corrected chi connectivity index (χ0v) is 11.3. The predicted molar refractivity (Wildman–Crippen MR) is 66.7 cm³/mol. The summed E-state index contributed by atoms with van der Waals surface area (Å²) in [6.45, 7) is -0.212. The van der Waals surface area contributed by atoms with Crippen LogP contribution in [-0.2, 0) is 0 Å². The van der Waals surface area contributed by atoms with Gasteiger partial charge >= 0.3 is 18.4 Å². The average Bonchev–Trinajstić information content (AvgIpc) is 2.36. The molecule has 0 atom stereocenters. The van der Waals surface area contributed by atoms with Crippen molar-refractivity contribution in [3.63, 3.8) is 0 Å². The van der Waals surface area contributed by atoms with Gasteiger partial charge in [0.05, 0.1) is 5.69 Å². The molecular formula is C11H10F6N3O3-. The van der Waals surface area contributed by atoms with Crippen LogP contribution < -0.4 is 15.9 Å². The number of halogens is 6. The molecule has 1 rings (SSSR count). The number of nitrogens with one attached hydrogen (secondary N) is 2. The third kappa shape index (κ3) is 4.16. The maximum atomic E-state index is 12.6. The van der Waals surface area contributed by atoms with E-state index in [1.54, 1.807) is 5.32 Å². The Labute approximate surface area is 125 Å². The maximum Gasteiger partial charge on any atom is 0.420 e. The van der Waals surface area contributed by atoms with E-state index in [1.807, 2.05) is 0 Å². The summed E-state index contributed by atoms with van der Waals surface area (Å²) in [5, 5.41) is 21.1. The average molecular weight is 346 g/mol. The number of benzene rings is 1. The molecule has 0 aliphatic heterocycles. The highest BCUT2D eigenvalue weighted by Crippen LogP contribution is 2.42. The number of amides is 2. The summed E-state index contributed by atoms with van der Waals surface area (Å²) >= 11 is 0. The first-order valence-corrected chi connectivity index (χ1v) is 5.77. The van der Waals surface area contributed by atoms with Crippen molar-refractivity contribution in [1.29, 1.82) is 0 Å². The first-order chi connectivity index (χ1) is 10.3. The van der Waals surface area contributed by atoms with Crippen molar-refractivity contribution in [2.24, 2.45) is 0 Å². The Morgan fingerprint density at radius 2 is 1.52 bits per heavy atom. The molecule has 23 heavy (non-hydrogen) atoms. The van der Waals surface area contributed by atoms with Crippen molar-refractivity contribution in [3.8, 4) is 0 Å². The van der Waals surface area contributed by atoms with Gasteiger partial charge in [0, 0.05) is 5.69 Å². The van der Waals surface area contributed by atoms with E-state index in [2.05, 4.69) is 0 Å². The van der Waals surface area contributed by atoms with Crippen molar-refractivity contribution in [1.82, 2.24) is 5.32 Å². The van der Waals surface area contributed by atoms with Crippen LogP contribution in [0.4, 0.5) is 42.5 Å². The van der Waals surface area contributed by atoms with Crippen molar-refractivity contribution >= 4 is 17.4 Å². The van der Waals surface area contributed by atoms with Gasteiger partial charge in [-0.2, -0.15) is 26.3 Å². The lowest BCUT2D eigenvalue weighted by atomic mass is 10.0. The quantitative estimate of drug-likeness (QED) is 0.578. The van der Waals surface area contributed by atoms with Crippen molar-refractivity contribution < 1.29 is 36.3 Å². The summed E-state index contributed by atoms with van der Waals surface area (Å²) in [6.07, 6.45) is -11.5. The summed E-state index contributed by atoms with van der Waals surface area (Å²) in [7, 11) is 0. The van der Waals surface area contributed by atoms with E-state index >= 15 is 0 Å². The molecular weight excluding hydrogens is 336 g/mol. The summed E-state index contributed by atoms with van der Waals surface area (Å²) in [5.41, 5.74) is -4.90. The lowest BCUT2D eigenvalue weighted by Crippen LogP contribution is -2.66. The predicted octanol–water partition coefficient (Wildman–Crippen LogP) is 3.38. The zero-order chi connectivity index (χ0) is 18.1. The second-order valence-corrected chi connectivity index (χ2v) is 4.52. The number of hydrogen-bond acceptors (Lipinski definition) is 4. The molecule has 0 saturated carbocycles. The highest BCUT2D eigenvalue weighted by molar-refractivity contribution is 5.90. The normalized spacial score (nSPS) is 12.7. The van der Waals surface area contributed by atoms with Crippen molar-refractivity contribution in [2.45, 2.75) is 24.8 Å². The topological polar surface area (TPSA) is 87.7 Å². The number of alkyl halides is 6. The number of nitrogens with zero attached hydrogens (tertiary/aromatic N) is 1. The Balaban J connectivity index is 2.89. The molecule has 130 valence electrons. The first-order valence-electron chi connectivity index (χ1n) is 5.77. The van der Waals surface area contributed by atoms with E-state index in [0.717, 1.165) is 29.6 Å². The fourth-order valence-corrected chi connectivity index (χ4v) is 1.36. The van der Waals surface area contributed by atoms with E-state index in [4.69, 9.17) is 5.21 Å². The standard InChI is InChI=1S/C11H10F6N3O3/c1-9(10(12,13)14,11(15,16)17)19-8(21)18-6-2-4-7(5-3-6)20(22)23/h2-5,22H,1H3,(H2,18,19,21)/q-1. The largest absolute Gasteiger partial charge is 0.733 e. The number of anilines is 2. The van der Waals surface area contributed by atoms with E-state index in [1.165, 1.54) is 0 Å². The molecule has 2 amide bonds. The molecule has 3 N–H and O–H groups in total. The third-order valence-electron chi connectivity index (χ3n) is 2.84. The SMILES string of the molecule is CC(NC(=O)Nc1ccc(N([O-])O)cc1)(C(F)(F)F)C(F)(F)F. The Bertz CT molecular complexity index is 542. The third-order valence-corrected chi connectivity index (χ3v) is 2.84. The van der Waals surface area contributed by atoms with Gasteiger partial charge in [0.1, 0.15) is 0 Å². The van der Waals surface area contributed by atoms with Gasteiger partial charge in [0.2, 0.25) is 5.54 Å². The van der Waals surface area contributed by atoms with Crippen LogP contribution in [0.25, 0.3) is 0 Å². The lowest BCUT2D eigenvalue weighted by Gasteiger charge is -2.34. The number of carbonyl (C=O) groups is 1. The second-order valence-electron chi connectivity index (χ2n) is 4.52. The fraction of sp³-hybridized carbons (Fsp3) is 0.364. The Morgan fingerprint density at radius 3 is 1.87 bits per heavy atom. The molecule has 0 fully saturated rings. The first kappa shape index (κ1) is 18.8. The van der Waals surface area contributed by atoms with E-state index in [0.29, 0.717) is 0 Å². The summed E-state index contributed by atoms with van der Waals surface area (Å²) in [4.78, 5) is 11.4. The van der Waals surface area contributed by atoms with Gasteiger partial charge < -0.3 is 21.1 Å². The van der Waals surface area contributed by atoms with E-state index < -0.39 is 29.1 Å². The van der Waals surface area contributed by atoms with Gasteiger partial charge in [-0.1, -0.05) is 0 Å². The van der Waals surface area contributed by atoms with Crippen LogP contribution in [0.3, 0.4) is 0 Å². The molecule has 0 saturated heterocycles. The van der Waals surface area contributed by atoms with Gasteiger partial charge in [-0.15, -0.1) is 0 Å². The molecule has 0 heterocycles. The van der Waals surface area contributed by atoms with Gasteiger partial charge in [-0.25, -0.2) is 4.79 Å². The van der Waals surface area contributed by atoms with Crippen LogP contribution in [0, 0.1) is 5.21 Å². The van der Waals surface area contributed by atoms with Gasteiger partial charge in [-0.3, -0.25) is 5.21 Å². The Morgan fingerprint density at radius 1 is 1.09 bits per heavy atom. The summed E-state index contributed by atoms with van der Waals surface area (Å²) in [5.74, 6) is 0. The molecule has 0 aliphatic carbocycles. The molecule has 12 heteroatoms. The van der Waals surface area contributed by atoms with Crippen molar-refractivity contribution in [2.75, 3.05) is 10.5 Å². The fourth-order valence-electron chi connectivity index (χ4n) is 1.36. The number of carbonyl (C=O) groups excluding carboxylic acids is 1. The van der Waals surface area contributed by atoms with Crippen LogP contribution in [0.1, 0.15) is 6.92 Å². The highest BCUT2D eigenvalue weighted by atomic mass is 19.4. The minimum absolute atomic E-state index is 0.195. The Kier molecular flexibility index (Phi) is 5.01. The number of urea groups is 1. The van der Waals surface area contributed by atoms with Crippen LogP contribution in [-0.4, -0.2) is 29.1 Å². The molecule has 6 nitrogen and oxygen atoms in total. The van der Waals surface area contributed by atoms with Crippen LogP contribution in [0.15, 0.2) is 24.3 Å². The smallest absolute Gasteiger partial charge is 0.420 e. The van der Waals surface area contributed by atoms with Crippen LogP contribution in [0.2, 0.25) is 0 Å². The number of hydrogen-bond donors (Lipinski definition) is 3. The zero-order valence-electron chi connectivity index (χ0n) is 11.3. The lowest BCUT2D eigenvalue weighted by molar-refractivity contribution is -0.297. The maximum absolute atomic E-state index is 12.6. The molecule has 0 bridgehead atoms. The second kappa shape index (κ2) is 6.12. The Hall–Kier alpha value is -2.21. The minimum atomic E-state index is -5.77. The molecule has 0 unspecified atom stereocenters. The number of rotatable bonds is 3. The van der Waals surface area contributed by atoms with Gasteiger partial charge in [-0.05, 0) is 31.2 Å². The van der Waals surface area contributed by atoms with Gasteiger partial charge in [0.15, 0.2) is 0 Å². The molecule has 0 aliphatic rings. The van der Waals surface area contributed by atoms with Crippen LogP contribution in [0.5, 0.6) is 0 Å². The summed E-state index contributed by atoms with van der Waals surface area (Å²) in [6, 6.07) is 2.20. The molecule has 0 aromatic heterocycles.